The minimum atomic E-state index is -3.54. The van der Waals surface area contributed by atoms with Crippen LogP contribution >= 0.6 is 0 Å². The molecule has 1 aliphatic heterocycles. The average molecular weight is 258 g/mol. The normalized spacial score (nSPS) is 22.5. The van der Waals surface area contributed by atoms with Crippen LogP contribution in [0.25, 0.3) is 0 Å². The van der Waals surface area contributed by atoms with Crippen LogP contribution in [0.3, 0.4) is 0 Å². The molecule has 0 amide bonds. The van der Waals surface area contributed by atoms with E-state index < -0.39 is 10.0 Å². The number of H-pyrrole nitrogens is 1. The first-order valence-electron chi connectivity index (χ1n) is 5.30. The van der Waals surface area contributed by atoms with Crippen molar-refractivity contribution in [3.8, 4) is 0 Å². The highest BCUT2D eigenvalue weighted by atomic mass is 32.2. The molecule has 0 spiro atoms. The van der Waals surface area contributed by atoms with Gasteiger partial charge in [-0.1, -0.05) is 0 Å². The molecule has 2 heterocycles. The summed E-state index contributed by atoms with van der Waals surface area (Å²) in [5.74, 6) is 0. The Hall–Kier alpha value is -1.18. The van der Waals surface area contributed by atoms with Crippen LogP contribution in [-0.2, 0) is 14.8 Å². The maximum Gasteiger partial charge on any atom is 0.247 e. The van der Waals surface area contributed by atoms with E-state index in [-0.39, 0.29) is 16.5 Å². The number of hydrogen-bond donors (Lipinski definition) is 1. The number of morpholine rings is 1. The number of aromatic amines is 1. The fourth-order valence-corrected chi connectivity index (χ4v) is 3.33. The zero-order chi connectivity index (χ0) is 12.5. The van der Waals surface area contributed by atoms with Gasteiger partial charge in [-0.15, -0.1) is 0 Å². The molecule has 1 saturated heterocycles. The molecule has 2 rings (SSSR count). The van der Waals surface area contributed by atoms with Crippen LogP contribution in [0.15, 0.2) is 28.0 Å². The molecular weight excluding hydrogens is 244 g/mol. The topological polar surface area (TPSA) is 79.5 Å². The molecular formula is C10H14N2O4S. The van der Waals surface area contributed by atoms with E-state index in [1.165, 1.54) is 22.6 Å². The summed E-state index contributed by atoms with van der Waals surface area (Å²) in [6.45, 7) is 2.92. The van der Waals surface area contributed by atoms with Gasteiger partial charge in [0.1, 0.15) is 0 Å². The first-order chi connectivity index (χ1) is 8.01. The summed E-state index contributed by atoms with van der Waals surface area (Å²) in [6.07, 6.45) is 1.22. The van der Waals surface area contributed by atoms with E-state index in [1.807, 2.05) is 0 Å². The Morgan fingerprint density at radius 1 is 1.47 bits per heavy atom. The van der Waals surface area contributed by atoms with Crippen LogP contribution in [0.1, 0.15) is 6.92 Å². The van der Waals surface area contributed by atoms with Crippen LogP contribution in [0, 0.1) is 0 Å². The molecule has 0 aromatic carbocycles. The van der Waals surface area contributed by atoms with Crippen LogP contribution < -0.4 is 5.56 Å². The predicted molar refractivity (Wildman–Crippen MR) is 61.2 cm³/mol. The molecule has 1 fully saturated rings. The lowest BCUT2D eigenvalue weighted by atomic mass is 10.3. The smallest absolute Gasteiger partial charge is 0.247 e. The van der Waals surface area contributed by atoms with Crippen molar-refractivity contribution in [2.45, 2.75) is 17.9 Å². The largest absolute Gasteiger partial charge is 0.378 e. The van der Waals surface area contributed by atoms with Crippen molar-refractivity contribution in [3.63, 3.8) is 0 Å². The molecule has 0 radical (unpaired) electrons. The van der Waals surface area contributed by atoms with Crippen molar-refractivity contribution >= 4 is 10.0 Å². The third kappa shape index (κ3) is 2.41. The summed E-state index contributed by atoms with van der Waals surface area (Å²) in [4.78, 5) is 13.4. The number of nitrogens with one attached hydrogen (secondary N) is 1. The van der Waals surface area contributed by atoms with Gasteiger partial charge in [-0.3, -0.25) is 4.79 Å². The van der Waals surface area contributed by atoms with E-state index in [2.05, 4.69) is 4.98 Å². The molecule has 0 bridgehead atoms. The molecule has 1 aliphatic rings. The lowest BCUT2D eigenvalue weighted by Gasteiger charge is -2.32. The van der Waals surface area contributed by atoms with Crippen molar-refractivity contribution in [2.24, 2.45) is 0 Å². The lowest BCUT2D eigenvalue weighted by Crippen LogP contribution is -2.47. The Bertz CT molecular complexity index is 531. The van der Waals surface area contributed by atoms with Crippen molar-refractivity contribution in [1.29, 1.82) is 0 Å². The van der Waals surface area contributed by atoms with Crippen molar-refractivity contribution in [1.82, 2.24) is 9.29 Å². The highest BCUT2D eigenvalue weighted by Gasteiger charge is 2.31. The second kappa shape index (κ2) is 4.59. The van der Waals surface area contributed by atoms with Gasteiger partial charge < -0.3 is 9.72 Å². The first-order valence-corrected chi connectivity index (χ1v) is 6.74. The first kappa shape index (κ1) is 12.3. The Balaban J connectivity index is 2.35. The fourth-order valence-electron chi connectivity index (χ4n) is 1.76. The number of pyridine rings is 1. The second-order valence-corrected chi connectivity index (χ2v) is 5.82. The Morgan fingerprint density at radius 2 is 2.24 bits per heavy atom. The second-order valence-electron chi connectivity index (χ2n) is 3.93. The Labute approximate surface area is 99.3 Å². The number of hydrogen-bond acceptors (Lipinski definition) is 4. The summed E-state index contributed by atoms with van der Waals surface area (Å²) in [7, 11) is -3.54. The molecule has 0 saturated carbocycles. The zero-order valence-corrected chi connectivity index (χ0v) is 10.2. The standard InChI is InChI=1S/C10H14N2O4S/c1-8-7-16-5-4-12(8)17(14,15)9-2-3-10(13)11-6-9/h2-3,6,8H,4-5,7H2,1H3,(H,11,13)/t8-/m1/s1. The molecule has 7 heteroatoms. The SMILES string of the molecule is C[C@@H]1COCCN1S(=O)(=O)c1ccc(=O)[nH]c1. The molecule has 1 aromatic heterocycles. The maximum absolute atomic E-state index is 12.3. The molecule has 0 unspecified atom stereocenters. The third-order valence-electron chi connectivity index (χ3n) is 2.67. The van der Waals surface area contributed by atoms with Crippen molar-refractivity contribution in [3.05, 3.63) is 28.7 Å². The number of rotatable bonds is 2. The summed E-state index contributed by atoms with van der Waals surface area (Å²) in [5.41, 5.74) is -0.320. The minimum Gasteiger partial charge on any atom is -0.378 e. The minimum absolute atomic E-state index is 0.103. The van der Waals surface area contributed by atoms with Crippen molar-refractivity contribution < 1.29 is 13.2 Å². The van der Waals surface area contributed by atoms with E-state index in [0.29, 0.717) is 19.8 Å². The Kier molecular flexibility index (Phi) is 3.32. The van der Waals surface area contributed by atoms with Gasteiger partial charge in [0.2, 0.25) is 15.6 Å². The number of aromatic nitrogens is 1. The number of nitrogens with zero attached hydrogens (tertiary/aromatic N) is 1. The molecule has 1 aromatic rings. The average Bonchev–Trinajstić information content (AvgIpc) is 2.30. The van der Waals surface area contributed by atoms with Gasteiger partial charge in [0, 0.05) is 24.8 Å². The summed E-state index contributed by atoms with van der Waals surface area (Å²) < 4.78 is 31.1. The number of ether oxygens (including phenoxy) is 1. The van der Waals surface area contributed by atoms with E-state index >= 15 is 0 Å². The van der Waals surface area contributed by atoms with Crippen LogP contribution in [-0.4, -0.2) is 43.5 Å². The maximum atomic E-state index is 12.3. The Morgan fingerprint density at radius 3 is 2.82 bits per heavy atom. The fraction of sp³-hybridized carbons (Fsp3) is 0.500. The zero-order valence-electron chi connectivity index (χ0n) is 9.42. The molecule has 17 heavy (non-hydrogen) atoms. The van der Waals surface area contributed by atoms with Crippen molar-refractivity contribution in [2.75, 3.05) is 19.8 Å². The van der Waals surface area contributed by atoms with Crippen LogP contribution in [0.5, 0.6) is 0 Å². The van der Waals surface area contributed by atoms with Gasteiger partial charge in [0.05, 0.1) is 18.1 Å². The van der Waals surface area contributed by atoms with E-state index in [1.54, 1.807) is 6.92 Å². The van der Waals surface area contributed by atoms with E-state index in [4.69, 9.17) is 4.74 Å². The highest BCUT2D eigenvalue weighted by Crippen LogP contribution is 2.18. The van der Waals surface area contributed by atoms with E-state index in [9.17, 15) is 13.2 Å². The van der Waals surface area contributed by atoms with Gasteiger partial charge >= 0.3 is 0 Å². The lowest BCUT2D eigenvalue weighted by molar-refractivity contribution is 0.0392. The van der Waals surface area contributed by atoms with Gasteiger partial charge in [0.25, 0.3) is 0 Å². The van der Waals surface area contributed by atoms with Crippen LogP contribution in [0.2, 0.25) is 0 Å². The van der Waals surface area contributed by atoms with Gasteiger partial charge in [-0.05, 0) is 13.0 Å². The molecule has 1 N–H and O–H groups in total. The number of sulfonamides is 1. The monoisotopic (exact) mass is 258 g/mol. The van der Waals surface area contributed by atoms with Crippen LogP contribution in [0.4, 0.5) is 0 Å². The van der Waals surface area contributed by atoms with E-state index in [0.717, 1.165) is 0 Å². The molecule has 94 valence electrons. The van der Waals surface area contributed by atoms with Gasteiger partial charge in [0.15, 0.2) is 0 Å². The third-order valence-corrected chi connectivity index (χ3v) is 4.68. The molecule has 1 atom stereocenters. The summed E-state index contributed by atoms with van der Waals surface area (Å²) in [6, 6.07) is 2.33. The predicted octanol–water partition coefficient (Wildman–Crippen LogP) is -0.216. The highest BCUT2D eigenvalue weighted by molar-refractivity contribution is 7.89. The molecule has 0 aliphatic carbocycles. The quantitative estimate of drug-likeness (QED) is 0.795. The van der Waals surface area contributed by atoms with Gasteiger partial charge in [-0.2, -0.15) is 4.31 Å². The molecule has 6 nitrogen and oxygen atoms in total. The van der Waals surface area contributed by atoms with Gasteiger partial charge in [-0.25, -0.2) is 8.42 Å². The summed E-state index contributed by atoms with van der Waals surface area (Å²) in [5, 5.41) is 0. The summed E-state index contributed by atoms with van der Waals surface area (Å²) >= 11 is 0.